The maximum atomic E-state index is 11.4. The minimum Gasteiger partial charge on any atom is -0.489 e. The monoisotopic (exact) mass is 354 g/mol. The summed E-state index contributed by atoms with van der Waals surface area (Å²) in [5.41, 5.74) is -2.33. The van der Waals surface area contributed by atoms with Gasteiger partial charge in [0.1, 0.15) is 35.9 Å². The highest BCUT2D eigenvalue weighted by molar-refractivity contribution is 5.45. The molecule has 0 radical (unpaired) electrons. The lowest BCUT2D eigenvalue weighted by molar-refractivity contribution is -0.144. The van der Waals surface area contributed by atoms with Crippen LogP contribution in [0.3, 0.4) is 0 Å². The number of ether oxygens (including phenoxy) is 2. The number of benzene rings is 2. The molecule has 0 amide bonds. The summed E-state index contributed by atoms with van der Waals surface area (Å²) in [6.07, 6.45) is 3.25. The fraction of sp³-hybridized carbons (Fsp3) is 0.273. The number of rotatable bonds is 9. The van der Waals surface area contributed by atoms with Crippen LogP contribution in [0.2, 0.25) is 0 Å². The lowest BCUT2D eigenvalue weighted by Gasteiger charge is -2.40. The van der Waals surface area contributed by atoms with Gasteiger partial charge in [-0.05, 0) is 26.0 Å². The third-order valence-electron chi connectivity index (χ3n) is 4.48. The highest BCUT2D eigenvalue weighted by atomic mass is 16.5. The van der Waals surface area contributed by atoms with Gasteiger partial charge in [-0.3, -0.25) is 0 Å². The van der Waals surface area contributed by atoms with Gasteiger partial charge in [0, 0.05) is 11.1 Å². The molecule has 2 atom stereocenters. The van der Waals surface area contributed by atoms with Crippen LogP contribution in [0, 0.1) is 0 Å². The average Bonchev–Trinajstić information content (AvgIpc) is 2.64. The van der Waals surface area contributed by atoms with E-state index in [9.17, 15) is 10.2 Å². The van der Waals surface area contributed by atoms with E-state index in [1.165, 1.54) is 0 Å². The van der Waals surface area contributed by atoms with Crippen LogP contribution in [-0.2, 0) is 11.2 Å². The molecule has 4 heteroatoms. The van der Waals surface area contributed by atoms with Crippen molar-refractivity contribution in [2.24, 2.45) is 0 Å². The molecule has 0 saturated carbocycles. The molecule has 2 unspecified atom stereocenters. The van der Waals surface area contributed by atoms with Crippen LogP contribution in [0.1, 0.15) is 25.0 Å². The van der Waals surface area contributed by atoms with E-state index < -0.39 is 11.2 Å². The molecule has 2 N–H and O–H groups in total. The SMILES string of the molecule is C=CCOc1ccccc1C(C)(O)C(C)(O)c1ccccc1OCC=C. The third-order valence-corrected chi connectivity index (χ3v) is 4.48. The van der Waals surface area contributed by atoms with Crippen LogP contribution in [0.25, 0.3) is 0 Å². The van der Waals surface area contributed by atoms with Crippen LogP contribution in [0.5, 0.6) is 11.5 Å². The minimum atomic E-state index is -1.64. The highest BCUT2D eigenvalue weighted by Crippen LogP contribution is 2.46. The van der Waals surface area contributed by atoms with Crippen LogP contribution in [0.4, 0.5) is 0 Å². The van der Waals surface area contributed by atoms with E-state index in [2.05, 4.69) is 13.2 Å². The Morgan fingerprint density at radius 1 is 0.769 bits per heavy atom. The number of hydrogen-bond donors (Lipinski definition) is 2. The molecular weight excluding hydrogens is 328 g/mol. The first-order chi connectivity index (χ1) is 12.4. The molecular formula is C22H26O4. The molecule has 0 heterocycles. The molecule has 2 rings (SSSR count). The van der Waals surface area contributed by atoms with Crippen molar-refractivity contribution in [2.75, 3.05) is 13.2 Å². The molecule has 0 aromatic heterocycles. The highest BCUT2D eigenvalue weighted by Gasteiger charge is 2.47. The summed E-state index contributed by atoms with van der Waals surface area (Å²) in [6.45, 7) is 11.0. The lowest BCUT2D eigenvalue weighted by atomic mass is 9.75. The van der Waals surface area contributed by atoms with Crippen LogP contribution in [-0.4, -0.2) is 23.4 Å². The van der Waals surface area contributed by atoms with Gasteiger partial charge in [0.05, 0.1) is 0 Å². The van der Waals surface area contributed by atoms with E-state index in [1.54, 1.807) is 62.4 Å². The second-order valence-electron chi connectivity index (χ2n) is 6.34. The number of aliphatic hydroxyl groups is 2. The summed E-state index contributed by atoms with van der Waals surface area (Å²) in [5.74, 6) is 0.976. The molecule has 138 valence electrons. The maximum Gasteiger partial charge on any atom is 0.125 e. The molecule has 0 aliphatic rings. The zero-order valence-corrected chi connectivity index (χ0v) is 15.3. The normalized spacial score (nSPS) is 15.4. The Hall–Kier alpha value is -2.56. The van der Waals surface area contributed by atoms with Gasteiger partial charge in [0.25, 0.3) is 0 Å². The molecule has 26 heavy (non-hydrogen) atoms. The van der Waals surface area contributed by atoms with Gasteiger partial charge in [0.15, 0.2) is 0 Å². The molecule has 0 bridgehead atoms. The molecule has 0 saturated heterocycles. The molecule has 0 fully saturated rings. The Balaban J connectivity index is 2.51. The van der Waals surface area contributed by atoms with Crippen molar-refractivity contribution in [3.05, 3.63) is 85.0 Å². The van der Waals surface area contributed by atoms with E-state index in [-0.39, 0.29) is 0 Å². The van der Waals surface area contributed by atoms with Crippen molar-refractivity contribution >= 4 is 0 Å². The van der Waals surface area contributed by atoms with Crippen LogP contribution < -0.4 is 9.47 Å². The quantitative estimate of drug-likeness (QED) is 0.670. The maximum absolute atomic E-state index is 11.4. The topological polar surface area (TPSA) is 58.9 Å². The number of para-hydroxylation sites is 2. The predicted octanol–water partition coefficient (Wildman–Crippen LogP) is 3.93. The van der Waals surface area contributed by atoms with Gasteiger partial charge in [-0.2, -0.15) is 0 Å². The lowest BCUT2D eigenvalue weighted by Crippen LogP contribution is -2.45. The number of hydrogen-bond acceptors (Lipinski definition) is 4. The summed E-state index contributed by atoms with van der Waals surface area (Å²) in [7, 11) is 0. The van der Waals surface area contributed by atoms with Crippen molar-refractivity contribution in [2.45, 2.75) is 25.0 Å². The van der Waals surface area contributed by atoms with Gasteiger partial charge in [-0.1, -0.05) is 61.7 Å². The van der Waals surface area contributed by atoms with E-state index in [0.717, 1.165) is 0 Å². The third kappa shape index (κ3) is 3.82. The summed E-state index contributed by atoms with van der Waals surface area (Å²) in [6, 6.07) is 14.2. The first-order valence-corrected chi connectivity index (χ1v) is 8.47. The Kier molecular flexibility index (Phi) is 6.24. The second kappa shape index (κ2) is 8.21. The van der Waals surface area contributed by atoms with Gasteiger partial charge in [0.2, 0.25) is 0 Å². The van der Waals surface area contributed by atoms with Gasteiger partial charge >= 0.3 is 0 Å². The molecule has 0 aliphatic heterocycles. The summed E-state index contributed by atoms with van der Waals surface area (Å²) in [5, 5.41) is 22.7. The van der Waals surface area contributed by atoms with Crippen molar-refractivity contribution in [3.8, 4) is 11.5 Å². The zero-order chi connectivity index (χ0) is 19.2. The standard InChI is InChI=1S/C22H26O4/c1-5-15-25-19-13-9-7-11-17(19)21(3,23)22(4,24)18-12-8-10-14-20(18)26-16-6-2/h5-14,23-24H,1-2,15-16H2,3-4H3. The van der Waals surface area contributed by atoms with E-state index in [4.69, 9.17) is 9.47 Å². The molecule has 0 aliphatic carbocycles. The van der Waals surface area contributed by atoms with Crippen molar-refractivity contribution in [1.82, 2.24) is 0 Å². The van der Waals surface area contributed by atoms with Gasteiger partial charge in [-0.15, -0.1) is 0 Å². The molecule has 2 aromatic carbocycles. The molecule has 2 aromatic rings. The summed E-state index contributed by atoms with van der Waals surface area (Å²) < 4.78 is 11.3. The largest absolute Gasteiger partial charge is 0.489 e. The Labute approximate surface area is 155 Å². The zero-order valence-electron chi connectivity index (χ0n) is 15.3. The fourth-order valence-corrected chi connectivity index (χ4v) is 2.81. The van der Waals surface area contributed by atoms with E-state index in [1.807, 2.05) is 12.1 Å². The van der Waals surface area contributed by atoms with Gasteiger partial charge in [-0.25, -0.2) is 0 Å². The molecule has 0 spiro atoms. The predicted molar refractivity (Wildman–Crippen MR) is 103 cm³/mol. The average molecular weight is 354 g/mol. The first-order valence-electron chi connectivity index (χ1n) is 8.47. The second-order valence-corrected chi connectivity index (χ2v) is 6.34. The summed E-state index contributed by atoms with van der Waals surface area (Å²) in [4.78, 5) is 0. The van der Waals surface area contributed by atoms with E-state index in [0.29, 0.717) is 35.8 Å². The van der Waals surface area contributed by atoms with Crippen molar-refractivity contribution in [1.29, 1.82) is 0 Å². The minimum absolute atomic E-state index is 0.300. The fourth-order valence-electron chi connectivity index (χ4n) is 2.81. The Morgan fingerprint density at radius 3 is 1.46 bits per heavy atom. The van der Waals surface area contributed by atoms with Crippen molar-refractivity contribution < 1.29 is 19.7 Å². The Morgan fingerprint density at radius 2 is 1.12 bits per heavy atom. The van der Waals surface area contributed by atoms with Crippen LogP contribution >= 0.6 is 0 Å². The van der Waals surface area contributed by atoms with E-state index >= 15 is 0 Å². The summed E-state index contributed by atoms with van der Waals surface area (Å²) >= 11 is 0. The smallest absolute Gasteiger partial charge is 0.125 e. The van der Waals surface area contributed by atoms with Gasteiger partial charge < -0.3 is 19.7 Å². The Bertz CT molecular complexity index is 697. The van der Waals surface area contributed by atoms with Crippen LogP contribution in [0.15, 0.2) is 73.8 Å². The first kappa shape index (κ1) is 19.8. The van der Waals surface area contributed by atoms with Crippen molar-refractivity contribution in [3.63, 3.8) is 0 Å². The molecule has 4 nitrogen and oxygen atoms in total.